The second kappa shape index (κ2) is 6.16. The molecule has 2 aromatic rings. The van der Waals surface area contributed by atoms with Gasteiger partial charge in [-0.2, -0.15) is 0 Å². The molecule has 1 aliphatic rings. The second-order valence-electron chi connectivity index (χ2n) is 5.60. The molecule has 6 nitrogen and oxygen atoms in total. The molecule has 0 radical (unpaired) electrons. The van der Waals surface area contributed by atoms with Gasteiger partial charge in [0.05, 0.1) is 5.56 Å². The number of fused-ring (bicyclic) bond motifs is 1. The maximum absolute atomic E-state index is 12.5. The zero-order valence-corrected chi connectivity index (χ0v) is 13.6. The average Bonchev–Trinajstić information content (AvgIpc) is 2.84. The van der Waals surface area contributed by atoms with E-state index in [1.807, 2.05) is 0 Å². The summed E-state index contributed by atoms with van der Waals surface area (Å²) in [6.07, 6.45) is 4.45. The summed E-state index contributed by atoms with van der Waals surface area (Å²) in [7, 11) is 3.19. The van der Waals surface area contributed by atoms with Crippen molar-refractivity contribution >= 4 is 18.0 Å². The van der Waals surface area contributed by atoms with Gasteiger partial charge >= 0.3 is 6.09 Å². The van der Waals surface area contributed by atoms with E-state index in [1.54, 1.807) is 63.8 Å². The molecule has 0 N–H and O–H groups in total. The SMILES string of the molecule is Cc1cc(OC(=O)N(C)C)cc2c1C(=O)/C(=C/c1ccncc1)O2. The molecular formula is C18H16N2O4. The second-order valence-corrected chi connectivity index (χ2v) is 5.60. The monoisotopic (exact) mass is 324 g/mol. The fourth-order valence-electron chi connectivity index (χ4n) is 2.34. The predicted octanol–water partition coefficient (Wildman–Crippen LogP) is 3.07. The number of ether oxygens (including phenoxy) is 2. The number of carbonyl (C=O) groups excluding carboxylic acids is 2. The van der Waals surface area contributed by atoms with E-state index in [4.69, 9.17) is 9.47 Å². The molecule has 1 amide bonds. The number of aromatic nitrogens is 1. The summed E-state index contributed by atoms with van der Waals surface area (Å²) < 4.78 is 10.9. The third-order valence-electron chi connectivity index (χ3n) is 3.52. The van der Waals surface area contributed by atoms with Gasteiger partial charge < -0.3 is 14.4 Å². The first kappa shape index (κ1) is 15.7. The highest BCUT2D eigenvalue weighted by molar-refractivity contribution is 6.15. The minimum absolute atomic E-state index is 0.190. The minimum Gasteiger partial charge on any atom is -0.452 e. The van der Waals surface area contributed by atoms with Crippen LogP contribution >= 0.6 is 0 Å². The predicted molar refractivity (Wildman–Crippen MR) is 88.1 cm³/mol. The number of ketones is 1. The van der Waals surface area contributed by atoms with E-state index in [2.05, 4.69) is 4.98 Å². The van der Waals surface area contributed by atoms with Crippen molar-refractivity contribution in [1.82, 2.24) is 9.88 Å². The van der Waals surface area contributed by atoms with Crippen molar-refractivity contribution in [3.8, 4) is 11.5 Å². The molecule has 0 spiro atoms. The van der Waals surface area contributed by atoms with Crippen LogP contribution in [0.1, 0.15) is 21.5 Å². The lowest BCUT2D eigenvalue weighted by molar-refractivity contribution is 0.101. The zero-order valence-electron chi connectivity index (χ0n) is 13.6. The molecule has 1 aromatic heterocycles. The quantitative estimate of drug-likeness (QED) is 0.794. The minimum atomic E-state index is -0.494. The lowest BCUT2D eigenvalue weighted by atomic mass is 10.0. The van der Waals surface area contributed by atoms with E-state index in [0.29, 0.717) is 22.6 Å². The molecule has 0 saturated heterocycles. The lowest BCUT2D eigenvalue weighted by Crippen LogP contribution is -2.25. The summed E-state index contributed by atoms with van der Waals surface area (Å²) in [5.74, 6) is 0.768. The molecule has 1 aromatic carbocycles. The molecular weight excluding hydrogens is 308 g/mol. The van der Waals surface area contributed by atoms with Crippen molar-refractivity contribution in [1.29, 1.82) is 0 Å². The van der Waals surface area contributed by atoms with Gasteiger partial charge in [-0.25, -0.2) is 4.79 Å². The van der Waals surface area contributed by atoms with Crippen LogP contribution in [-0.4, -0.2) is 35.9 Å². The first-order chi connectivity index (χ1) is 11.5. The van der Waals surface area contributed by atoms with Crippen LogP contribution in [0, 0.1) is 6.92 Å². The molecule has 0 saturated carbocycles. The highest BCUT2D eigenvalue weighted by Gasteiger charge is 2.30. The largest absolute Gasteiger partial charge is 0.452 e. The van der Waals surface area contributed by atoms with Gasteiger partial charge in [-0.15, -0.1) is 0 Å². The Morgan fingerprint density at radius 3 is 2.62 bits per heavy atom. The Bertz CT molecular complexity index is 842. The van der Waals surface area contributed by atoms with Crippen molar-refractivity contribution in [2.45, 2.75) is 6.92 Å². The van der Waals surface area contributed by atoms with Crippen molar-refractivity contribution in [3.05, 3.63) is 59.1 Å². The number of pyridine rings is 1. The van der Waals surface area contributed by atoms with Crippen molar-refractivity contribution in [3.63, 3.8) is 0 Å². The number of benzene rings is 1. The van der Waals surface area contributed by atoms with E-state index in [1.165, 1.54) is 4.90 Å². The highest BCUT2D eigenvalue weighted by Crippen LogP contribution is 2.37. The Kier molecular flexibility index (Phi) is 4.04. The smallest absolute Gasteiger partial charge is 0.414 e. The van der Waals surface area contributed by atoms with Crippen molar-refractivity contribution in [2.75, 3.05) is 14.1 Å². The number of allylic oxidation sites excluding steroid dienone is 1. The molecule has 6 heteroatoms. The van der Waals surface area contributed by atoms with E-state index in [-0.39, 0.29) is 11.5 Å². The summed E-state index contributed by atoms with van der Waals surface area (Å²) in [5.41, 5.74) is 2.00. The van der Waals surface area contributed by atoms with E-state index in [9.17, 15) is 9.59 Å². The highest BCUT2D eigenvalue weighted by atomic mass is 16.6. The van der Waals surface area contributed by atoms with E-state index < -0.39 is 6.09 Å². The number of amides is 1. The van der Waals surface area contributed by atoms with Gasteiger partial charge in [-0.05, 0) is 42.3 Å². The number of carbonyl (C=O) groups is 2. The lowest BCUT2D eigenvalue weighted by Gasteiger charge is -2.12. The molecule has 3 rings (SSSR count). The first-order valence-corrected chi connectivity index (χ1v) is 7.34. The van der Waals surface area contributed by atoms with E-state index in [0.717, 1.165) is 5.56 Å². The number of rotatable bonds is 2. The molecule has 0 unspecified atom stereocenters. The van der Waals surface area contributed by atoms with Gasteiger partial charge in [0.15, 0.2) is 5.76 Å². The molecule has 0 fully saturated rings. The molecule has 1 aliphatic heterocycles. The first-order valence-electron chi connectivity index (χ1n) is 7.34. The van der Waals surface area contributed by atoms with Gasteiger partial charge in [-0.1, -0.05) is 0 Å². The summed E-state index contributed by atoms with van der Waals surface area (Å²) in [5, 5.41) is 0. The number of hydrogen-bond donors (Lipinski definition) is 0. The summed E-state index contributed by atoms with van der Waals surface area (Å²) in [6, 6.07) is 6.76. The number of Topliss-reactive ketones (excluding diaryl/α,β-unsaturated/α-hetero) is 1. The Labute approximate surface area is 139 Å². The van der Waals surface area contributed by atoms with Crippen LogP contribution in [0.5, 0.6) is 11.5 Å². The van der Waals surface area contributed by atoms with Gasteiger partial charge in [0.1, 0.15) is 11.5 Å². The Morgan fingerprint density at radius 1 is 1.25 bits per heavy atom. The normalized spacial score (nSPS) is 14.3. The Balaban J connectivity index is 1.92. The van der Waals surface area contributed by atoms with Gasteiger partial charge in [-0.3, -0.25) is 9.78 Å². The van der Waals surface area contributed by atoms with Crippen molar-refractivity contribution in [2.24, 2.45) is 0 Å². The molecule has 0 bridgehead atoms. The number of hydrogen-bond acceptors (Lipinski definition) is 5. The maximum Gasteiger partial charge on any atom is 0.414 e. The fraction of sp³-hybridized carbons (Fsp3) is 0.167. The third-order valence-corrected chi connectivity index (χ3v) is 3.52. The summed E-state index contributed by atoms with van der Waals surface area (Å²) >= 11 is 0. The van der Waals surface area contributed by atoms with Crippen LogP contribution in [0.3, 0.4) is 0 Å². The summed E-state index contributed by atoms with van der Waals surface area (Å²) in [6.45, 7) is 1.78. The molecule has 2 heterocycles. The van der Waals surface area contributed by atoms with Crippen LogP contribution in [0.4, 0.5) is 4.79 Å². The van der Waals surface area contributed by atoms with Crippen LogP contribution in [-0.2, 0) is 0 Å². The van der Waals surface area contributed by atoms with Crippen LogP contribution in [0.15, 0.2) is 42.4 Å². The summed E-state index contributed by atoms with van der Waals surface area (Å²) in [4.78, 5) is 29.5. The van der Waals surface area contributed by atoms with Gasteiger partial charge in [0.2, 0.25) is 5.78 Å². The maximum atomic E-state index is 12.5. The molecule has 0 atom stereocenters. The fourth-order valence-corrected chi connectivity index (χ4v) is 2.34. The Morgan fingerprint density at radius 2 is 1.96 bits per heavy atom. The van der Waals surface area contributed by atoms with Gasteiger partial charge in [0, 0.05) is 32.6 Å². The topological polar surface area (TPSA) is 68.7 Å². The zero-order chi connectivity index (χ0) is 17.3. The van der Waals surface area contributed by atoms with Crippen LogP contribution in [0.2, 0.25) is 0 Å². The van der Waals surface area contributed by atoms with Crippen LogP contribution in [0.25, 0.3) is 6.08 Å². The average molecular weight is 324 g/mol. The molecule has 24 heavy (non-hydrogen) atoms. The third kappa shape index (κ3) is 2.99. The Hall–Kier alpha value is -3.15. The number of nitrogens with zero attached hydrogens (tertiary/aromatic N) is 2. The number of aryl methyl sites for hydroxylation is 1. The van der Waals surface area contributed by atoms with Gasteiger partial charge in [0.25, 0.3) is 0 Å². The molecule has 0 aliphatic carbocycles. The van der Waals surface area contributed by atoms with E-state index >= 15 is 0 Å². The van der Waals surface area contributed by atoms with Crippen LogP contribution < -0.4 is 9.47 Å². The molecule has 122 valence electrons. The van der Waals surface area contributed by atoms with Crippen molar-refractivity contribution < 1.29 is 19.1 Å². The standard InChI is InChI=1S/C18H16N2O4/c1-11-8-13(23-18(22)20(2)3)10-14-16(11)17(21)15(24-14)9-12-4-6-19-7-5-12/h4-10H,1-3H3/b15-9-.